The summed E-state index contributed by atoms with van der Waals surface area (Å²) in [5.41, 5.74) is 3.63. The van der Waals surface area contributed by atoms with E-state index in [0.717, 1.165) is 16.7 Å². The molecule has 160 valence electrons. The lowest BCUT2D eigenvalue weighted by molar-refractivity contribution is 0.181. The summed E-state index contributed by atoms with van der Waals surface area (Å²) in [6, 6.07) is 14.7. The molecule has 0 radical (unpaired) electrons. The van der Waals surface area contributed by atoms with Crippen LogP contribution in [0.3, 0.4) is 0 Å². The molecular weight excluding hydrogens is 451 g/mol. The van der Waals surface area contributed by atoms with Gasteiger partial charge in [0.15, 0.2) is 16.8 Å². The molecule has 3 aromatic heterocycles. The van der Waals surface area contributed by atoms with Gasteiger partial charge in [-0.15, -0.1) is 10.2 Å². The first kappa shape index (κ1) is 20.6. The summed E-state index contributed by atoms with van der Waals surface area (Å²) in [6.45, 7) is 0.525. The van der Waals surface area contributed by atoms with Crippen LogP contribution in [0.2, 0.25) is 10.0 Å². The molecule has 8 nitrogen and oxygen atoms in total. The lowest BCUT2D eigenvalue weighted by atomic mass is 10.1. The molecule has 0 fully saturated rings. The second-order valence-corrected chi connectivity index (χ2v) is 7.98. The summed E-state index contributed by atoms with van der Waals surface area (Å²) >= 11 is 12.3. The number of hydrogen-bond donors (Lipinski definition) is 0. The lowest BCUT2D eigenvalue weighted by Gasteiger charge is -2.08. The van der Waals surface area contributed by atoms with Gasteiger partial charge in [0, 0.05) is 17.2 Å². The van der Waals surface area contributed by atoms with E-state index in [1.54, 1.807) is 25.3 Å². The Hall–Kier alpha value is -3.33. The van der Waals surface area contributed by atoms with Crippen molar-refractivity contribution in [1.82, 2.24) is 29.4 Å². The second-order valence-electron chi connectivity index (χ2n) is 7.14. The zero-order valence-electron chi connectivity index (χ0n) is 16.9. The SMILES string of the molecule is COCc1nn2c(nnc3c(=O)n(Cc4ccccc4Cl)cnc32)c1-c1ccc(Cl)cc1. The first-order valence-corrected chi connectivity index (χ1v) is 10.4. The van der Waals surface area contributed by atoms with Gasteiger partial charge in [-0.05, 0) is 29.3 Å². The number of hydrogen-bond acceptors (Lipinski definition) is 6. The highest BCUT2D eigenvalue weighted by molar-refractivity contribution is 6.31. The normalized spacial score (nSPS) is 11.5. The number of nitrogens with zero attached hydrogens (tertiary/aromatic N) is 6. The van der Waals surface area contributed by atoms with Crippen molar-refractivity contribution in [2.45, 2.75) is 13.2 Å². The predicted molar refractivity (Wildman–Crippen MR) is 122 cm³/mol. The van der Waals surface area contributed by atoms with Gasteiger partial charge in [-0.25, -0.2) is 4.98 Å². The molecule has 0 bridgehead atoms. The van der Waals surface area contributed by atoms with Gasteiger partial charge in [0.05, 0.1) is 24.4 Å². The number of aromatic nitrogens is 6. The molecule has 0 N–H and O–H groups in total. The molecule has 0 spiro atoms. The van der Waals surface area contributed by atoms with Crippen LogP contribution in [-0.2, 0) is 17.9 Å². The fraction of sp³-hybridized carbons (Fsp3) is 0.136. The Bertz CT molecular complexity index is 1510. The molecule has 0 aliphatic rings. The minimum atomic E-state index is -0.332. The average molecular weight is 467 g/mol. The average Bonchev–Trinajstić information content (AvgIpc) is 3.16. The number of benzene rings is 2. The fourth-order valence-corrected chi connectivity index (χ4v) is 3.90. The van der Waals surface area contributed by atoms with Crippen LogP contribution >= 0.6 is 23.2 Å². The number of methoxy groups -OCH3 is 1. The topological polar surface area (TPSA) is 87.2 Å². The maximum absolute atomic E-state index is 13.1. The molecule has 5 aromatic rings. The van der Waals surface area contributed by atoms with Gasteiger partial charge in [0.25, 0.3) is 5.56 Å². The Kier molecular flexibility index (Phi) is 5.34. The minimum Gasteiger partial charge on any atom is -0.378 e. The van der Waals surface area contributed by atoms with E-state index >= 15 is 0 Å². The Balaban J connectivity index is 1.69. The summed E-state index contributed by atoms with van der Waals surface area (Å²) in [6.07, 6.45) is 1.47. The predicted octanol–water partition coefficient (Wildman–Crippen LogP) is 4.00. The van der Waals surface area contributed by atoms with Crippen LogP contribution in [0.1, 0.15) is 11.3 Å². The first-order chi connectivity index (χ1) is 15.6. The van der Waals surface area contributed by atoms with E-state index in [1.807, 2.05) is 30.3 Å². The van der Waals surface area contributed by atoms with Crippen LogP contribution in [0.15, 0.2) is 59.7 Å². The van der Waals surface area contributed by atoms with Crippen LogP contribution in [0.25, 0.3) is 27.9 Å². The molecule has 2 aromatic carbocycles. The monoisotopic (exact) mass is 466 g/mol. The fourth-order valence-electron chi connectivity index (χ4n) is 3.58. The van der Waals surface area contributed by atoms with E-state index in [2.05, 4.69) is 20.3 Å². The summed E-state index contributed by atoms with van der Waals surface area (Å²) in [7, 11) is 1.59. The van der Waals surface area contributed by atoms with E-state index in [0.29, 0.717) is 27.0 Å². The van der Waals surface area contributed by atoms with Crippen molar-refractivity contribution in [3.8, 4) is 11.1 Å². The lowest BCUT2D eigenvalue weighted by Crippen LogP contribution is -2.23. The Morgan fingerprint density at radius 3 is 2.53 bits per heavy atom. The maximum atomic E-state index is 13.1. The summed E-state index contributed by atoms with van der Waals surface area (Å²) in [5, 5.41) is 14.3. The van der Waals surface area contributed by atoms with Crippen LogP contribution in [0, 0.1) is 0 Å². The van der Waals surface area contributed by atoms with Crippen LogP contribution in [0.4, 0.5) is 0 Å². The molecule has 0 unspecified atom stereocenters. The van der Waals surface area contributed by atoms with Crippen molar-refractivity contribution < 1.29 is 4.74 Å². The van der Waals surface area contributed by atoms with Gasteiger partial charge in [-0.2, -0.15) is 9.61 Å². The van der Waals surface area contributed by atoms with E-state index < -0.39 is 0 Å². The molecule has 0 saturated heterocycles. The summed E-state index contributed by atoms with van der Waals surface area (Å²) < 4.78 is 8.30. The summed E-state index contributed by atoms with van der Waals surface area (Å²) in [5.74, 6) is 0. The van der Waals surface area contributed by atoms with Crippen molar-refractivity contribution in [3.63, 3.8) is 0 Å². The van der Waals surface area contributed by atoms with Crippen molar-refractivity contribution >= 4 is 40.0 Å². The van der Waals surface area contributed by atoms with Gasteiger partial charge in [-0.3, -0.25) is 9.36 Å². The molecule has 0 atom stereocenters. The van der Waals surface area contributed by atoms with Gasteiger partial charge in [0.2, 0.25) is 0 Å². The molecule has 32 heavy (non-hydrogen) atoms. The van der Waals surface area contributed by atoms with Gasteiger partial charge in [-0.1, -0.05) is 53.5 Å². The quantitative estimate of drug-likeness (QED) is 0.388. The molecule has 10 heteroatoms. The summed E-state index contributed by atoms with van der Waals surface area (Å²) in [4.78, 5) is 17.6. The third-order valence-corrected chi connectivity index (χ3v) is 5.71. The highest BCUT2D eigenvalue weighted by Crippen LogP contribution is 2.29. The van der Waals surface area contributed by atoms with Gasteiger partial charge >= 0.3 is 0 Å². The molecule has 0 saturated carbocycles. The number of fused-ring (bicyclic) bond motifs is 3. The second kappa shape index (κ2) is 8.31. The molecule has 0 aliphatic carbocycles. The van der Waals surface area contributed by atoms with Crippen molar-refractivity contribution in [2.75, 3.05) is 7.11 Å². The standard InChI is InChI=1S/C22H16Cl2N6O2/c1-32-11-17-18(13-6-8-15(23)9-7-13)20-27-26-19-21(30(20)28-17)25-12-29(22(19)31)10-14-4-2-3-5-16(14)24/h2-9,12H,10-11H2,1H3. The van der Waals surface area contributed by atoms with E-state index in [9.17, 15) is 4.79 Å². The van der Waals surface area contributed by atoms with Crippen molar-refractivity contribution in [1.29, 1.82) is 0 Å². The zero-order chi connectivity index (χ0) is 22.2. The number of rotatable bonds is 5. The van der Waals surface area contributed by atoms with Crippen LogP contribution < -0.4 is 5.56 Å². The molecule has 0 aliphatic heterocycles. The van der Waals surface area contributed by atoms with E-state index in [4.69, 9.17) is 27.9 Å². The van der Waals surface area contributed by atoms with Gasteiger partial charge < -0.3 is 4.74 Å². The van der Waals surface area contributed by atoms with Crippen molar-refractivity contribution in [2.24, 2.45) is 0 Å². The van der Waals surface area contributed by atoms with E-state index in [1.165, 1.54) is 15.4 Å². The minimum absolute atomic E-state index is 0.112. The highest BCUT2D eigenvalue weighted by Gasteiger charge is 2.20. The van der Waals surface area contributed by atoms with Crippen molar-refractivity contribution in [3.05, 3.63) is 86.5 Å². The third-order valence-electron chi connectivity index (χ3n) is 5.09. The molecular formula is C22H16Cl2N6O2. The van der Waals surface area contributed by atoms with Crippen LogP contribution in [-0.4, -0.2) is 36.5 Å². The number of halogens is 2. The third kappa shape index (κ3) is 3.52. The Morgan fingerprint density at radius 2 is 1.78 bits per heavy atom. The Morgan fingerprint density at radius 1 is 1.00 bits per heavy atom. The largest absolute Gasteiger partial charge is 0.378 e. The number of ether oxygens (including phenoxy) is 1. The molecule has 0 amide bonds. The first-order valence-electron chi connectivity index (χ1n) is 9.68. The smallest absolute Gasteiger partial charge is 0.283 e. The van der Waals surface area contributed by atoms with Gasteiger partial charge in [0.1, 0.15) is 6.33 Å². The molecule has 5 rings (SSSR count). The molecule has 3 heterocycles. The maximum Gasteiger partial charge on any atom is 0.283 e. The van der Waals surface area contributed by atoms with E-state index in [-0.39, 0.29) is 24.2 Å². The highest BCUT2D eigenvalue weighted by atomic mass is 35.5. The zero-order valence-corrected chi connectivity index (χ0v) is 18.4. The van der Waals surface area contributed by atoms with Crippen LogP contribution in [0.5, 0.6) is 0 Å². The Labute approximate surface area is 192 Å².